The molecule has 3 N–H and O–H groups in total. The van der Waals surface area contributed by atoms with Gasteiger partial charge in [-0.1, -0.05) is 44.2 Å². The van der Waals surface area contributed by atoms with Crippen molar-refractivity contribution >= 4 is 5.91 Å². The minimum atomic E-state index is -0.131. The highest BCUT2D eigenvalue weighted by atomic mass is 16.1. The molecule has 0 spiro atoms. The third kappa shape index (κ3) is 3.72. The van der Waals surface area contributed by atoms with Crippen molar-refractivity contribution in [3.8, 4) is 0 Å². The molecule has 1 rings (SSSR count). The van der Waals surface area contributed by atoms with Gasteiger partial charge in [-0.25, -0.2) is 0 Å². The summed E-state index contributed by atoms with van der Waals surface area (Å²) in [5.74, 6) is 0.0503. The molecule has 0 aliphatic rings. The van der Waals surface area contributed by atoms with E-state index in [2.05, 4.69) is 5.32 Å². The topological polar surface area (TPSA) is 55.1 Å². The zero-order valence-corrected chi connectivity index (χ0v) is 9.23. The predicted octanol–water partition coefficient (Wildman–Crippen LogP) is 1.46. The number of rotatable bonds is 4. The number of carbonyl (C=O) groups is 1. The van der Waals surface area contributed by atoms with Crippen LogP contribution in [-0.4, -0.2) is 12.5 Å². The molecule has 0 bridgehead atoms. The average Bonchev–Trinajstić information content (AvgIpc) is 2.26. The normalized spacial score (nSPS) is 12.5. The molecule has 1 amide bonds. The molecule has 0 aliphatic carbocycles. The van der Waals surface area contributed by atoms with Crippen LogP contribution in [0.1, 0.15) is 25.5 Å². The molecule has 0 saturated carbocycles. The summed E-state index contributed by atoms with van der Waals surface area (Å²) in [6.45, 7) is 4.22. The molecule has 0 aromatic heterocycles. The number of hydrogen-bond donors (Lipinski definition) is 2. The minimum Gasteiger partial charge on any atom is -0.354 e. The van der Waals surface area contributed by atoms with Crippen molar-refractivity contribution < 1.29 is 4.79 Å². The number of hydrogen-bond acceptors (Lipinski definition) is 2. The van der Waals surface area contributed by atoms with Crippen molar-refractivity contribution in [3.05, 3.63) is 35.9 Å². The Balaban J connectivity index is 2.44. The molecule has 82 valence electrons. The Morgan fingerprint density at radius 3 is 2.47 bits per heavy atom. The van der Waals surface area contributed by atoms with Gasteiger partial charge in [0.15, 0.2) is 0 Å². The number of nitrogens with one attached hydrogen (secondary N) is 1. The van der Waals surface area contributed by atoms with E-state index in [1.54, 1.807) is 0 Å². The first kappa shape index (κ1) is 11.7. The van der Waals surface area contributed by atoms with Gasteiger partial charge in [0.1, 0.15) is 0 Å². The van der Waals surface area contributed by atoms with E-state index >= 15 is 0 Å². The molecular weight excluding hydrogens is 188 g/mol. The van der Waals surface area contributed by atoms with Gasteiger partial charge in [-0.05, 0) is 5.56 Å². The molecule has 15 heavy (non-hydrogen) atoms. The lowest BCUT2D eigenvalue weighted by molar-refractivity contribution is -0.124. The number of amides is 1. The smallest absolute Gasteiger partial charge is 0.222 e. The van der Waals surface area contributed by atoms with E-state index in [4.69, 9.17) is 5.73 Å². The number of nitrogens with two attached hydrogens (primary N) is 1. The van der Waals surface area contributed by atoms with Crippen molar-refractivity contribution in [1.29, 1.82) is 0 Å². The van der Waals surface area contributed by atoms with Crippen molar-refractivity contribution in [2.75, 3.05) is 6.54 Å². The summed E-state index contributed by atoms with van der Waals surface area (Å²) in [5, 5.41) is 2.82. The van der Waals surface area contributed by atoms with Gasteiger partial charge in [0.25, 0.3) is 0 Å². The molecule has 1 atom stereocenters. The van der Waals surface area contributed by atoms with Crippen LogP contribution in [0.4, 0.5) is 0 Å². The third-order valence-corrected chi connectivity index (χ3v) is 2.25. The Labute approximate surface area is 90.7 Å². The maximum Gasteiger partial charge on any atom is 0.222 e. The lowest BCUT2D eigenvalue weighted by Crippen LogP contribution is -2.34. The molecule has 0 aliphatic heterocycles. The van der Waals surface area contributed by atoms with Crippen molar-refractivity contribution in [2.45, 2.75) is 19.9 Å². The molecule has 0 saturated heterocycles. The molecule has 1 aromatic carbocycles. The monoisotopic (exact) mass is 206 g/mol. The van der Waals surface area contributed by atoms with Gasteiger partial charge >= 0.3 is 0 Å². The molecule has 3 heteroatoms. The second kappa shape index (κ2) is 5.51. The van der Waals surface area contributed by atoms with E-state index in [-0.39, 0.29) is 17.9 Å². The number of benzene rings is 1. The highest BCUT2D eigenvalue weighted by Crippen LogP contribution is 2.08. The summed E-state index contributed by atoms with van der Waals surface area (Å²) >= 11 is 0. The van der Waals surface area contributed by atoms with E-state index < -0.39 is 0 Å². The van der Waals surface area contributed by atoms with Gasteiger partial charge in [0, 0.05) is 18.5 Å². The molecule has 3 nitrogen and oxygen atoms in total. The van der Waals surface area contributed by atoms with Crippen LogP contribution in [0.2, 0.25) is 0 Å². The van der Waals surface area contributed by atoms with Gasteiger partial charge in [-0.3, -0.25) is 4.79 Å². The van der Waals surface area contributed by atoms with Crippen LogP contribution < -0.4 is 11.1 Å². The van der Waals surface area contributed by atoms with Crippen LogP contribution in [0, 0.1) is 5.92 Å². The Kier molecular flexibility index (Phi) is 4.31. The standard InChI is InChI=1S/C12H18N2O/c1-9(2)12(15)14-8-11(13)10-6-4-3-5-7-10/h3-7,9,11H,8,13H2,1-2H3,(H,14,15). The lowest BCUT2D eigenvalue weighted by atomic mass is 10.1. The van der Waals surface area contributed by atoms with E-state index in [9.17, 15) is 4.79 Å². The zero-order chi connectivity index (χ0) is 11.3. The largest absolute Gasteiger partial charge is 0.354 e. The fourth-order valence-corrected chi connectivity index (χ4v) is 1.23. The Bertz CT molecular complexity index is 309. The first-order valence-electron chi connectivity index (χ1n) is 5.19. The van der Waals surface area contributed by atoms with Crippen LogP contribution >= 0.6 is 0 Å². The Hall–Kier alpha value is -1.35. The molecule has 0 fully saturated rings. The average molecular weight is 206 g/mol. The first-order chi connectivity index (χ1) is 7.11. The van der Waals surface area contributed by atoms with Crippen LogP contribution in [0.15, 0.2) is 30.3 Å². The molecule has 0 heterocycles. The van der Waals surface area contributed by atoms with Crippen LogP contribution in [-0.2, 0) is 4.79 Å². The van der Waals surface area contributed by atoms with Crippen LogP contribution in [0.3, 0.4) is 0 Å². The highest BCUT2D eigenvalue weighted by Gasteiger charge is 2.09. The minimum absolute atomic E-state index is 0.00738. The molecule has 1 unspecified atom stereocenters. The summed E-state index contributed by atoms with van der Waals surface area (Å²) in [6, 6.07) is 9.63. The Morgan fingerprint density at radius 1 is 1.33 bits per heavy atom. The molecule has 0 radical (unpaired) electrons. The summed E-state index contributed by atoms with van der Waals surface area (Å²) < 4.78 is 0. The Morgan fingerprint density at radius 2 is 1.93 bits per heavy atom. The summed E-state index contributed by atoms with van der Waals surface area (Å²) in [5.41, 5.74) is 6.97. The highest BCUT2D eigenvalue weighted by molar-refractivity contribution is 5.77. The van der Waals surface area contributed by atoms with Crippen molar-refractivity contribution in [1.82, 2.24) is 5.32 Å². The maximum atomic E-state index is 11.3. The predicted molar refractivity (Wildman–Crippen MR) is 61.2 cm³/mol. The zero-order valence-electron chi connectivity index (χ0n) is 9.23. The quantitative estimate of drug-likeness (QED) is 0.783. The third-order valence-electron chi connectivity index (χ3n) is 2.25. The second-order valence-corrected chi connectivity index (χ2v) is 3.92. The van der Waals surface area contributed by atoms with Gasteiger partial charge in [-0.2, -0.15) is 0 Å². The SMILES string of the molecule is CC(C)C(=O)NCC(N)c1ccccc1. The summed E-state index contributed by atoms with van der Waals surface area (Å²) in [4.78, 5) is 11.3. The van der Waals surface area contributed by atoms with Gasteiger partial charge < -0.3 is 11.1 Å². The van der Waals surface area contributed by atoms with Crippen LogP contribution in [0.5, 0.6) is 0 Å². The van der Waals surface area contributed by atoms with Crippen molar-refractivity contribution in [2.24, 2.45) is 11.7 Å². The lowest BCUT2D eigenvalue weighted by Gasteiger charge is -2.14. The maximum absolute atomic E-state index is 11.3. The fraction of sp³-hybridized carbons (Fsp3) is 0.417. The number of carbonyl (C=O) groups excluding carboxylic acids is 1. The molecular formula is C12H18N2O. The second-order valence-electron chi connectivity index (χ2n) is 3.92. The summed E-state index contributed by atoms with van der Waals surface area (Å²) in [7, 11) is 0. The van der Waals surface area contributed by atoms with Gasteiger partial charge in [0.05, 0.1) is 0 Å². The fourth-order valence-electron chi connectivity index (χ4n) is 1.23. The van der Waals surface area contributed by atoms with Gasteiger partial charge in [0.2, 0.25) is 5.91 Å². The first-order valence-corrected chi connectivity index (χ1v) is 5.19. The summed E-state index contributed by atoms with van der Waals surface area (Å²) in [6.07, 6.45) is 0. The molecule has 1 aromatic rings. The van der Waals surface area contributed by atoms with Crippen LogP contribution in [0.25, 0.3) is 0 Å². The van der Waals surface area contributed by atoms with E-state index in [0.29, 0.717) is 6.54 Å². The van der Waals surface area contributed by atoms with Gasteiger partial charge in [-0.15, -0.1) is 0 Å². The van der Waals surface area contributed by atoms with E-state index in [1.165, 1.54) is 0 Å². The van der Waals surface area contributed by atoms with E-state index in [1.807, 2.05) is 44.2 Å². The van der Waals surface area contributed by atoms with Crippen molar-refractivity contribution in [3.63, 3.8) is 0 Å². The van der Waals surface area contributed by atoms with E-state index in [0.717, 1.165) is 5.56 Å².